The first-order valence-electron chi connectivity index (χ1n) is 11.1. The zero-order valence-electron chi connectivity index (χ0n) is 19.8. The highest BCUT2D eigenvalue weighted by atomic mass is 32.2. The number of nitrogens with zero attached hydrogens (tertiary/aromatic N) is 3. The number of hydrogen-bond donors (Lipinski definition) is 2. The highest BCUT2D eigenvalue weighted by Crippen LogP contribution is 2.25. The number of thioether (sulfide) groups is 1. The van der Waals surface area contributed by atoms with Crippen LogP contribution in [0.5, 0.6) is 0 Å². The van der Waals surface area contributed by atoms with Crippen molar-refractivity contribution in [3.05, 3.63) is 71.0 Å². The smallest absolute Gasteiger partial charge is 0.251 e. The largest absolute Gasteiger partial charge is 0.342 e. The summed E-state index contributed by atoms with van der Waals surface area (Å²) in [5, 5.41) is 15.3. The third kappa shape index (κ3) is 6.01. The van der Waals surface area contributed by atoms with Crippen molar-refractivity contribution < 1.29 is 9.59 Å². The second-order valence-corrected chi connectivity index (χ2v) is 9.20. The first kappa shape index (κ1) is 24.5. The average molecular weight is 466 g/mol. The monoisotopic (exact) mass is 465 g/mol. The van der Waals surface area contributed by atoms with Crippen LogP contribution in [0.25, 0.3) is 0 Å². The molecule has 1 heterocycles. The Morgan fingerprint density at radius 2 is 1.79 bits per heavy atom. The molecule has 0 radical (unpaired) electrons. The van der Waals surface area contributed by atoms with E-state index in [4.69, 9.17) is 0 Å². The van der Waals surface area contributed by atoms with E-state index in [2.05, 4.69) is 27.8 Å². The highest BCUT2D eigenvalue weighted by Gasteiger charge is 2.25. The summed E-state index contributed by atoms with van der Waals surface area (Å²) in [6, 6.07) is 14.8. The number of aromatic nitrogens is 3. The van der Waals surface area contributed by atoms with Gasteiger partial charge in [-0.3, -0.25) is 9.59 Å². The number of benzene rings is 2. The average Bonchev–Trinajstić information content (AvgIpc) is 3.17. The fourth-order valence-electron chi connectivity index (χ4n) is 3.57. The quantitative estimate of drug-likeness (QED) is 0.453. The molecule has 0 saturated carbocycles. The van der Waals surface area contributed by atoms with Crippen molar-refractivity contribution in [1.82, 2.24) is 20.1 Å². The lowest BCUT2D eigenvalue weighted by Crippen LogP contribution is -2.33. The first-order valence-corrected chi connectivity index (χ1v) is 12.1. The Hall–Kier alpha value is -3.13. The molecule has 0 aliphatic rings. The van der Waals surface area contributed by atoms with Crippen molar-refractivity contribution in [2.75, 3.05) is 11.1 Å². The van der Waals surface area contributed by atoms with Crippen LogP contribution in [0.15, 0.2) is 53.7 Å². The summed E-state index contributed by atoms with van der Waals surface area (Å²) in [5.41, 5.74) is 3.64. The van der Waals surface area contributed by atoms with Crippen molar-refractivity contribution in [3.8, 4) is 0 Å². The van der Waals surface area contributed by atoms with Crippen LogP contribution in [-0.4, -0.2) is 32.3 Å². The van der Waals surface area contributed by atoms with Crippen molar-refractivity contribution in [1.29, 1.82) is 0 Å². The predicted molar refractivity (Wildman–Crippen MR) is 132 cm³/mol. The number of anilines is 1. The molecular weight excluding hydrogens is 434 g/mol. The van der Waals surface area contributed by atoms with Gasteiger partial charge in [0.1, 0.15) is 0 Å². The minimum atomic E-state index is -0.308. The molecule has 0 aliphatic carbocycles. The lowest BCUT2D eigenvalue weighted by molar-refractivity contribution is -0.113. The second kappa shape index (κ2) is 11.1. The van der Waals surface area contributed by atoms with Crippen LogP contribution >= 0.6 is 11.8 Å². The van der Waals surface area contributed by atoms with Crippen molar-refractivity contribution >= 4 is 29.3 Å². The van der Waals surface area contributed by atoms with Crippen LogP contribution in [0.3, 0.4) is 0 Å². The molecule has 2 aromatic carbocycles. The van der Waals surface area contributed by atoms with Gasteiger partial charge < -0.3 is 15.2 Å². The van der Waals surface area contributed by atoms with E-state index < -0.39 is 0 Å². The summed E-state index contributed by atoms with van der Waals surface area (Å²) >= 11 is 1.32. The van der Waals surface area contributed by atoms with Gasteiger partial charge in [-0.05, 0) is 42.5 Å². The molecule has 8 heteroatoms. The van der Waals surface area contributed by atoms with Gasteiger partial charge in [0.25, 0.3) is 5.91 Å². The molecule has 0 spiro atoms. The molecule has 0 bridgehead atoms. The predicted octanol–water partition coefficient (Wildman–Crippen LogP) is 4.54. The highest BCUT2D eigenvalue weighted by molar-refractivity contribution is 7.99. The number of carbonyl (C=O) groups is 2. The van der Waals surface area contributed by atoms with Gasteiger partial charge in [0, 0.05) is 18.3 Å². The molecule has 33 heavy (non-hydrogen) atoms. The van der Waals surface area contributed by atoms with Crippen LogP contribution in [0.4, 0.5) is 5.69 Å². The van der Waals surface area contributed by atoms with Crippen LogP contribution in [-0.2, 0) is 18.3 Å². The van der Waals surface area contributed by atoms with E-state index in [0.717, 1.165) is 23.2 Å². The van der Waals surface area contributed by atoms with Crippen LogP contribution in [0, 0.1) is 12.8 Å². The number of amides is 2. The van der Waals surface area contributed by atoms with Gasteiger partial charge in [-0.2, -0.15) is 0 Å². The summed E-state index contributed by atoms with van der Waals surface area (Å²) in [6.45, 7) is 8.12. The van der Waals surface area contributed by atoms with Gasteiger partial charge in [-0.1, -0.05) is 68.9 Å². The Balaban J connectivity index is 1.68. The normalized spacial score (nSPS) is 11.9. The van der Waals surface area contributed by atoms with E-state index in [-0.39, 0.29) is 29.5 Å². The van der Waals surface area contributed by atoms with Crippen LogP contribution in [0.1, 0.15) is 54.1 Å². The van der Waals surface area contributed by atoms with E-state index in [0.29, 0.717) is 16.5 Å². The van der Waals surface area contributed by atoms with E-state index in [1.165, 1.54) is 11.8 Å². The molecule has 7 nitrogen and oxygen atoms in total. The number of rotatable bonds is 9. The van der Waals surface area contributed by atoms with Crippen molar-refractivity contribution in [2.24, 2.45) is 13.0 Å². The minimum Gasteiger partial charge on any atom is -0.342 e. The lowest BCUT2D eigenvalue weighted by atomic mass is 10.0. The van der Waals surface area contributed by atoms with Gasteiger partial charge in [-0.25, -0.2) is 0 Å². The maximum Gasteiger partial charge on any atom is 0.251 e. The van der Waals surface area contributed by atoms with Gasteiger partial charge in [0.2, 0.25) is 5.91 Å². The molecule has 0 unspecified atom stereocenters. The number of nitrogens with one attached hydrogen (secondary N) is 2. The molecule has 2 N–H and O–H groups in total. The van der Waals surface area contributed by atoms with E-state index >= 15 is 0 Å². The topological polar surface area (TPSA) is 88.9 Å². The van der Waals surface area contributed by atoms with Crippen LogP contribution in [0.2, 0.25) is 0 Å². The lowest BCUT2D eigenvalue weighted by Gasteiger charge is -2.21. The zero-order chi connectivity index (χ0) is 24.0. The summed E-state index contributed by atoms with van der Waals surface area (Å²) < 4.78 is 1.85. The Kier molecular flexibility index (Phi) is 8.27. The Labute approximate surface area is 199 Å². The summed E-state index contributed by atoms with van der Waals surface area (Å²) in [4.78, 5) is 25.3. The van der Waals surface area contributed by atoms with E-state index in [9.17, 15) is 9.59 Å². The fraction of sp³-hybridized carbons (Fsp3) is 0.360. The molecule has 0 aliphatic heterocycles. The third-order valence-electron chi connectivity index (χ3n) is 5.47. The van der Waals surface area contributed by atoms with Gasteiger partial charge >= 0.3 is 0 Å². The molecule has 0 fully saturated rings. The molecule has 0 saturated heterocycles. The van der Waals surface area contributed by atoms with E-state index in [1.807, 2.05) is 68.8 Å². The Morgan fingerprint density at radius 1 is 1.06 bits per heavy atom. The second-order valence-electron chi connectivity index (χ2n) is 8.26. The van der Waals surface area contributed by atoms with Crippen LogP contribution < -0.4 is 10.6 Å². The van der Waals surface area contributed by atoms with Gasteiger partial charge in [0.05, 0.1) is 11.8 Å². The standard InChI is InChI=1S/C25H31N5O2S/c1-6-18-14-10-11-17(4)22(18)26-20(31)15-33-25-29-28-23(30(25)5)21(16(2)3)27-24(32)19-12-8-7-9-13-19/h7-14,16,21H,6,15H2,1-5H3,(H,26,31)(H,27,32)/t21-/m0/s1. The first-order chi connectivity index (χ1) is 15.8. The molecule has 3 rings (SSSR count). The zero-order valence-corrected chi connectivity index (χ0v) is 20.6. The Bertz CT molecular complexity index is 1110. The minimum absolute atomic E-state index is 0.0914. The number of aryl methyl sites for hydroxylation is 2. The molecule has 174 valence electrons. The molecule has 1 atom stereocenters. The number of hydrogen-bond acceptors (Lipinski definition) is 5. The number of carbonyl (C=O) groups excluding carboxylic acids is 2. The molecule has 1 aromatic heterocycles. The summed E-state index contributed by atoms with van der Waals surface area (Å²) in [6.07, 6.45) is 0.850. The SMILES string of the molecule is CCc1cccc(C)c1NC(=O)CSc1nnc([C@@H](NC(=O)c2ccccc2)C(C)C)n1C. The van der Waals surface area contributed by atoms with E-state index in [1.54, 1.807) is 12.1 Å². The Morgan fingerprint density at radius 3 is 2.45 bits per heavy atom. The van der Waals surface area contributed by atoms with Crippen molar-refractivity contribution in [3.63, 3.8) is 0 Å². The molecular formula is C25H31N5O2S. The molecule has 3 aromatic rings. The summed E-state index contributed by atoms with van der Waals surface area (Å²) in [5.74, 6) is 0.730. The van der Waals surface area contributed by atoms with Gasteiger partial charge in [-0.15, -0.1) is 10.2 Å². The maximum absolute atomic E-state index is 12.7. The third-order valence-corrected chi connectivity index (χ3v) is 6.49. The van der Waals surface area contributed by atoms with Gasteiger partial charge in [0.15, 0.2) is 11.0 Å². The molecule has 2 amide bonds. The fourth-order valence-corrected chi connectivity index (χ4v) is 4.29. The number of para-hydroxylation sites is 1. The summed E-state index contributed by atoms with van der Waals surface area (Å²) in [7, 11) is 1.86. The maximum atomic E-state index is 12.7. The van der Waals surface area contributed by atoms with Crippen molar-refractivity contribution in [2.45, 2.75) is 45.3 Å².